The van der Waals surface area contributed by atoms with Gasteiger partial charge in [0.25, 0.3) is 0 Å². The fourth-order valence-corrected chi connectivity index (χ4v) is 2.98. The van der Waals surface area contributed by atoms with E-state index in [-0.39, 0.29) is 0 Å². The Morgan fingerprint density at radius 2 is 1.85 bits per heavy atom. The molecule has 4 rings (SSSR count). The van der Waals surface area contributed by atoms with E-state index in [0.717, 1.165) is 11.1 Å². The number of nitrogens with zero attached hydrogens (tertiary/aromatic N) is 2. The van der Waals surface area contributed by atoms with Crippen LogP contribution in [0.25, 0.3) is 32.6 Å². The number of benzene rings is 2. The third-order valence-electron chi connectivity index (χ3n) is 3.99. The Hall–Kier alpha value is -2.55. The third-order valence-corrected chi connectivity index (χ3v) is 3.99. The molecule has 0 aliphatic heterocycles. The molecule has 0 amide bonds. The lowest BCUT2D eigenvalue weighted by Gasteiger charge is -2.01. The van der Waals surface area contributed by atoms with Crippen LogP contribution in [0.3, 0.4) is 0 Å². The first-order valence-electron chi connectivity index (χ1n) is 6.58. The summed E-state index contributed by atoms with van der Waals surface area (Å²) in [6, 6.07) is 12.6. The molecule has 0 N–H and O–H groups in total. The van der Waals surface area contributed by atoms with Gasteiger partial charge in [-0.15, -0.1) is 0 Å². The Kier molecular flexibility index (Phi) is 2.24. The summed E-state index contributed by atoms with van der Waals surface area (Å²) in [5.74, 6) is 0.885. The highest BCUT2D eigenvalue weighted by Crippen LogP contribution is 2.35. The first-order chi connectivity index (χ1) is 9.79. The monoisotopic (exact) mass is 262 g/mol. The number of hydrogen-bond acceptors (Lipinski definition) is 2. The molecule has 98 valence electrons. The molecular formula is C17H14N2O. The minimum absolute atomic E-state index is 0.885. The van der Waals surface area contributed by atoms with Crippen LogP contribution in [0.2, 0.25) is 0 Å². The van der Waals surface area contributed by atoms with Crippen molar-refractivity contribution in [2.75, 3.05) is 7.11 Å². The number of rotatable bonds is 1. The van der Waals surface area contributed by atoms with Crippen LogP contribution >= 0.6 is 0 Å². The van der Waals surface area contributed by atoms with Crippen molar-refractivity contribution in [2.24, 2.45) is 7.05 Å². The zero-order valence-corrected chi connectivity index (χ0v) is 11.4. The van der Waals surface area contributed by atoms with E-state index in [0.29, 0.717) is 0 Å². The van der Waals surface area contributed by atoms with Crippen molar-refractivity contribution < 1.29 is 4.74 Å². The topological polar surface area (TPSA) is 27.1 Å². The van der Waals surface area contributed by atoms with Gasteiger partial charge in [0.15, 0.2) is 0 Å². The maximum absolute atomic E-state index is 5.37. The average molecular weight is 262 g/mol. The minimum atomic E-state index is 0.885. The number of methoxy groups -OCH3 is 1. The normalized spacial score (nSPS) is 11.5. The maximum Gasteiger partial charge on any atom is 0.119 e. The molecule has 0 radical (unpaired) electrons. The van der Waals surface area contributed by atoms with E-state index < -0.39 is 0 Å². The van der Waals surface area contributed by atoms with Gasteiger partial charge in [0, 0.05) is 46.6 Å². The predicted molar refractivity (Wildman–Crippen MR) is 82.3 cm³/mol. The highest BCUT2D eigenvalue weighted by atomic mass is 16.5. The van der Waals surface area contributed by atoms with Gasteiger partial charge in [0.2, 0.25) is 0 Å². The summed E-state index contributed by atoms with van der Waals surface area (Å²) in [6.45, 7) is 0. The van der Waals surface area contributed by atoms with Crippen molar-refractivity contribution in [2.45, 2.75) is 0 Å². The molecule has 0 saturated carbocycles. The van der Waals surface area contributed by atoms with Gasteiger partial charge in [-0.3, -0.25) is 4.98 Å². The van der Waals surface area contributed by atoms with E-state index >= 15 is 0 Å². The molecular weight excluding hydrogens is 248 g/mol. The van der Waals surface area contributed by atoms with Crippen LogP contribution < -0.4 is 4.74 Å². The van der Waals surface area contributed by atoms with Crippen LogP contribution in [0.4, 0.5) is 0 Å². The van der Waals surface area contributed by atoms with Gasteiger partial charge in [0.1, 0.15) is 5.75 Å². The molecule has 2 aromatic carbocycles. The number of aromatic nitrogens is 2. The summed E-state index contributed by atoms with van der Waals surface area (Å²) in [4.78, 5) is 4.21. The lowest BCUT2D eigenvalue weighted by atomic mass is 10.1. The Bertz CT molecular complexity index is 953. The molecule has 2 aromatic heterocycles. The third kappa shape index (κ3) is 1.37. The van der Waals surface area contributed by atoms with Gasteiger partial charge in [0.05, 0.1) is 7.11 Å². The molecule has 3 nitrogen and oxygen atoms in total. The predicted octanol–water partition coefficient (Wildman–Crippen LogP) is 3.89. The zero-order chi connectivity index (χ0) is 13.7. The Balaban J connectivity index is 2.31. The molecule has 0 unspecified atom stereocenters. The van der Waals surface area contributed by atoms with Crippen molar-refractivity contribution in [1.82, 2.24) is 9.55 Å². The first kappa shape index (κ1) is 11.3. The summed E-state index contributed by atoms with van der Waals surface area (Å²) in [5, 5.41) is 4.88. The summed E-state index contributed by atoms with van der Waals surface area (Å²) in [7, 11) is 3.80. The second kappa shape index (κ2) is 3.97. The summed E-state index contributed by atoms with van der Waals surface area (Å²) < 4.78 is 7.60. The van der Waals surface area contributed by atoms with E-state index in [9.17, 15) is 0 Å². The number of pyridine rings is 1. The minimum Gasteiger partial charge on any atom is -0.497 e. The number of hydrogen-bond donors (Lipinski definition) is 0. The zero-order valence-electron chi connectivity index (χ0n) is 11.4. The largest absolute Gasteiger partial charge is 0.497 e. The maximum atomic E-state index is 5.37. The van der Waals surface area contributed by atoms with E-state index in [1.165, 1.54) is 27.2 Å². The lowest BCUT2D eigenvalue weighted by molar-refractivity contribution is 0.415. The second-order valence-corrected chi connectivity index (χ2v) is 5.00. The summed E-state index contributed by atoms with van der Waals surface area (Å²) >= 11 is 0. The van der Waals surface area contributed by atoms with Crippen molar-refractivity contribution in [3.05, 3.63) is 48.8 Å². The summed E-state index contributed by atoms with van der Waals surface area (Å²) in [5.41, 5.74) is 2.44. The SMILES string of the molecule is COc1ccc2c(c1)c1c3ccncc3ccc1n2C. The van der Waals surface area contributed by atoms with Gasteiger partial charge in [-0.05, 0) is 35.7 Å². The number of ether oxygens (including phenoxy) is 1. The number of aryl methyl sites for hydroxylation is 1. The van der Waals surface area contributed by atoms with E-state index in [4.69, 9.17) is 4.74 Å². The standard InChI is InChI=1S/C17H14N2O/c1-19-15-6-4-12(20-2)9-14(15)17-13-7-8-18-10-11(13)3-5-16(17)19/h3-10H,1-2H3. The van der Waals surface area contributed by atoms with Crippen LogP contribution in [0.5, 0.6) is 5.75 Å². The Labute approximate surface area is 116 Å². The Morgan fingerprint density at radius 3 is 2.70 bits per heavy atom. The Morgan fingerprint density at radius 1 is 1.00 bits per heavy atom. The first-order valence-corrected chi connectivity index (χ1v) is 6.58. The molecule has 0 saturated heterocycles. The molecule has 20 heavy (non-hydrogen) atoms. The van der Waals surface area contributed by atoms with Crippen LogP contribution in [-0.4, -0.2) is 16.7 Å². The van der Waals surface area contributed by atoms with Crippen molar-refractivity contribution in [3.8, 4) is 5.75 Å². The molecule has 0 spiro atoms. The second-order valence-electron chi connectivity index (χ2n) is 5.00. The summed E-state index contributed by atoms with van der Waals surface area (Å²) in [6.07, 6.45) is 3.76. The molecule has 3 heteroatoms. The average Bonchev–Trinajstić information content (AvgIpc) is 2.80. The molecule has 0 fully saturated rings. The highest BCUT2D eigenvalue weighted by molar-refractivity contribution is 6.20. The van der Waals surface area contributed by atoms with E-state index in [2.05, 4.69) is 46.9 Å². The van der Waals surface area contributed by atoms with Crippen molar-refractivity contribution >= 4 is 32.6 Å². The highest BCUT2D eigenvalue weighted by Gasteiger charge is 2.11. The van der Waals surface area contributed by atoms with Crippen LogP contribution in [0.1, 0.15) is 0 Å². The quantitative estimate of drug-likeness (QED) is 0.520. The van der Waals surface area contributed by atoms with E-state index in [1.54, 1.807) is 7.11 Å². The smallest absolute Gasteiger partial charge is 0.119 e. The molecule has 2 heterocycles. The van der Waals surface area contributed by atoms with Gasteiger partial charge in [-0.2, -0.15) is 0 Å². The van der Waals surface area contributed by atoms with E-state index in [1.807, 2.05) is 18.5 Å². The van der Waals surface area contributed by atoms with Crippen molar-refractivity contribution in [3.63, 3.8) is 0 Å². The molecule has 0 atom stereocenters. The van der Waals surface area contributed by atoms with Crippen LogP contribution in [0.15, 0.2) is 48.8 Å². The molecule has 4 aromatic rings. The fourth-order valence-electron chi connectivity index (χ4n) is 2.98. The van der Waals surface area contributed by atoms with Gasteiger partial charge < -0.3 is 9.30 Å². The van der Waals surface area contributed by atoms with Crippen molar-refractivity contribution in [1.29, 1.82) is 0 Å². The number of fused-ring (bicyclic) bond motifs is 5. The van der Waals surface area contributed by atoms with Gasteiger partial charge >= 0.3 is 0 Å². The van der Waals surface area contributed by atoms with Crippen LogP contribution in [-0.2, 0) is 7.05 Å². The molecule has 0 aliphatic carbocycles. The van der Waals surface area contributed by atoms with Gasteiger partial charge in [-0.1, -0.05) is 6.07 Å². The fraction of sp³-hybridized carbons (Fsp3) is 0.118. The molecule has 0 bridgehead atoms. The molecule has 0 aliphatic rings. The lowest BCUT2D eigenvalue weighted by Crippen LogP contribution is -1.86. The van der Waals surface area contributed by atoms with Crippen LogP contribution in [0, 0.1) is 0 Å². The van der Waals surface area contributed by atoms with Gasteiger partial charge in [-0.25, -0.2) is 0 Å².